The number of hydrogen-bond donors (Lipinski definition) is 1. The number of fused-ring (bicyclic) bond motifs is 1. The maximum absolute atomic E-state index is 13.1. The summed E-state index contributed by atoms with van der Waals surface area (Å²) in [6.07, 6.45) is 4.47. The predicted molar refractivity (Wildman–Crippen MR) is 92.1 cm³/mol. The summed E-state index contributed by atoms with van der Waals surface area (Å²) < 4.78 is 11.2. The van der Waals surface area contributed by atoms with E-state index in [4.69, 9.17) is 14.6 Å². The van der Waals surface area contributed by atoms with Crippen molar-refractivity contribution in [1.82, 2.24) is 4.90 Å². The molecule has 2 fully saturated rings. The number of amides is 1. The summed E-state index contributed by atoms with van der Waals surface area (Å²) in [6.45, 7) is 4.50. The van der Waals surface area contributed by atoms with E-state index in [9.17, 15) is 9.59 Å². The molecule has 1 heterocycles. The Morgan fingerprint density at radius 3 is 2.60 bits per heavy atom. The van der Waals surface area contributed by atoms with Crippen molar-refractivity contribution in [2.24, 2.45) is 0 Å². The van der Waals surface area contributed by atoms with Gasteiger partial charge in [-0.15, -0.1) is 0 Å². The number of morpholine rings is 1. The van der Waals surface area contributed by atoms with Gasteiger partial charge in [0.15, 0.2) is 6.61 Å². The first-order chi connectivity index (χ1) is 12.0. The Balaban J connectivity index is 1.80. The number of ether oxygens (including phenoxy) is 2. The third-order valence-corrected chi connectivity index (χ3v) is 5.04. The minimum absolute atomic E-state index is 0.0242. The van der Waals surface area contributed by atoms with E-state index in [1.165, 1.54) is 0 Å². The van der Waals surface area contributed by atoms with Gasteiger partial charge in [0.1, 0.15) is 5.75 Å². The van der Waals surface area contributed by atoms with Gasteiger partial charge in [-0.25, -0.2) is 4.79 Å². The van der Waals surface area contributed by atoms with Crippen LogP contribution >= 0.6 is 0 Å². The van der Waals surface area contributed by atoms with Crippen molar-refractivity contribution in [2.45, 2.75) is 51.7 Å². The second-order valence-electron chi connectivity index (χ2n) is 6.88. The number of aliphatic carboxylic acids is 1. The number of hydrogen-bond acceptors (Lipinski definition) is 4. The minimum Gasteiger partial charge on any atom is -0.481 e. The lowest BCUT2D eigenvalue weighted by Gasteiger charge is -2.43. The molecule has 0 unspecified atom stereocenters. The number of carbonyl (C=O) groups excluding carboxylic acids is 1. The van der Waals surface area contributed by atoms with Crippen LogP contribution in [0.5, 0.6) is 5.75 Å². The van der Waals surface area contributed by atoms with Crippen molar-refractivity contribution in [3.8, 4) is 5.75 Å². The number of carboxylic acids is 1. The largest absolute Gasteiger partial charge is 0.481 e. The fourth-order valence-electron chi connectivity index (χ4n) is 3.95. The second-order valence-corrected chi connectivity index (χ2v) is 6.88. The number of rotatable bonds is 4. The molecule has 6 nitrogen and oxygen atoms in total. The molecule has 0 radical (unpaired) electrons. The predicted octanol–water partition coefficient (Wildman–Crippen LogP) is 2.55. The van der Waals surface area contributed by atoms with Crippen molar-refractivity contribution >= 4 is 11.9 Å². The highest BCUT2D eigenvalue weighted by atomic mass is 16.5. The Labute approximate surface area is 147 Å². The highest BCUT2D eigenvalue weighted by molar-refractivity contribution is 5.95. The smallest absolute Gasteiger partial charge is 0.341 e. The lowest BCUT2D eigenvalue weighted by Crippen LogP contribution is -2.54. The lowest BCUT2D eigenvalue weighted by atomic mass is 9.89. The van der Waals surface area contributed by atoms with Gasteiger partial charge >= 0.3 is 5.97 Å². The molecule has 1 N–H and O–H groups in total. The summed E-state index contributed by atoms with van der Waals surface area (Å²) in [5.41, 5.74) is 2.18. The average Bonchev–Trinajstić information content (AvgIpc) is 2.59. The average molecular weight is 347 g/mol. The van der Waals surface area contributed by atoms with Crippen molar-refractivity contribution < 1.29 is 24.2 Å². The molecule has 1 saturated heterocycles. The molecule has 1 amide bonds. The quantitative estimate of drug-likeness (QED) is 0.906. The molecule has 2 aliphatic rings. The van der Waals surface area contributed by atoms with Crippen molar-refractivity contribution in [1.29, 1.82) is 0 Å². The summed E-state index contributed by atoms with van der Waals surface area (Å²) in [5, 5.41) is 8.78. The molecular formula is C19H25NO5. The molecule has 1 saturated carbocycles. The van der Waals surface area contributed by atoms with Gasteiger partial charge in [0.25, 0.3) is 5.91 Å². The lowest BCUT2D eigenvalue weighted by molar-refractivity contribution is -0.139. The molecule has 1 aliphatic heterocycles. The highest BCUT2D eigenvalue weighted by Gasteiger charge is 2.37. The molecule has 1 aromatic rings. The Morgan fingerprint density at radius 1 is 1.24 bits per heavy atom. The highest BCUT2D eigenvalue weighted by Crippen LogP contribution is 2.31. The van der Waals surface area contributed by atoms with Gasteiger partial charge in [-0.3, -0.25) is 4.79 Å². The summed E-state index contributed by atoms with van der Waals surface area (Å²) in [5.74, 6) is -0.455. The number of carbonyl (C=O) groups is 2. The number of benzene rings is 1. The van der Waals surface area contributed by atoms with Crippen LogP contribution in [0, 0.1) is 13.8 Å². The molecule has 0 bridgehead atoms. The van der Waals surface area contributed by atoms with Crippen molar-refractivity contribution in [3.05, 3.63) is 28.8 Å². The van der Waals surface area contributed by atoms with E-state index >= 15 is 0 Å². The Kier molecular flexibility index (Phi) is 5.27. The van der Waals surface area contributed by atoms with E-state index in [2.05, 4.69) is 0 Å². The molecule has 136 valence electrons. The Bertz CT molecular complexity index is 647. The zero-order valence-electron chi connectivity index (χ0n) is 14.8. The zero-order chi connectivity index (χ0) is 18.0. The van der Waals surface area contributed by atoms with Gasteiger partial charge in [0, 0.05) is 12.1 Å². The molecule has 25 heavy (non-hydrogen) atoms. The van der Waals surface area contributed by atoms with E-state index in [0.29, 0.717) is 24.5 Å². The van der Waals surface area contributed by atoms with E-state index in [-0.39, 0.29) is 24.7 Å². The third kappa shape index (κ3) is 3.79. The maximum atomic E-state index is 13.1. The molecule has 1 aliphatic carbocycles. The first-order valence-corrected chi connectivity index (χ1v) is 8.86. The van der Waals surface area contributed by atoms with Crippen LogP contribution in [-0.4, -0.2) is 53.8 Å². The van der Waals surface area contributed by atoms with Crippen LogP contribution < -0.4 is 4.74 Å². The van der Waals surface area contributed by atoms with Crippen LogP contribution in [0.2, 0.25) is 0 Å². The van der Waals surface area contributed by atoms with Gasteiger partial charge in [-0.1, -0.05) is 12.8 Å². The number of carboxylic acid groups (broad SMARTS) is 1. The molecule has 2 atom stereocenters. The molecule has 0 aromatic heterocycles. The summed E-state index contributed by atoms with van der Waals surface area (Å²) in [4.78, 5) is 25.7. The SMILES string of the molecule is Cc1cc(C(=O)N2CCO[C@@H]3CCCC[C@H]32)cc(C)c1OCC(=O)O. The molecule has 6 heteroatoms. The zero-order valence-corrected chi connectivity index (χ0v) is 14.8. The van der Waals surface area contributed by atoms with Crippen LogP contribution in [0.4, 0.5) is 0 Å². The second kappa shape index (κ2) is 7.44. The number of aryl methyl sites for hydroxylation is 2. The topological polar surface area (TPSA) is 76.1 Å². The molecule has 1 aromatic carbocycles. The van der Waals surface area contributed by atoms with E-state index in [1.54, 1.807) is 12.1 Å². The Morgan fingerprint density at radius 2 is 1.92 bits per heavy atom. The van der Waals surface area contributed by atoms with Crippen molar-refractivity contribution in [3.63, 3.8) is 0 Å². The van der Waals surface area contributed by atoms with E-state index < -0.39 is 5.97 Å². The van der Waals surface area contributed by atoms with Crippen LogP contribution in [0.3, 0.4) is 0 Å². The van der Waals surface area contributed by atoms with Gasteiger partial charge in [0.2, 0.25) is 0 Å². The summed E-state index contributed by atoms with van der Waals surface area (Å²) in [6, 6.07) is 3.75. The van der Waals surface area contributed by atoms with Crippen molar-refractivity contribution in [2.75, 3.05) is 19.8 Å². The summed E-state index contributed by atoms with van der Waals surface area (Å²) >= 11 is 0. The molecule has 0 spiro atoms. The Hall–Kier alpha value is -2.08. The minimum atomic E-state index is -1.02. The standard InChI is InChI=1S/C19H25NO5/c1-12-9-14(10-13(2)18(12)25-11-17(21)22)19(23)20-7-8-24-16-6-4-3-5-15(16)20/h9-10,15-16H,3-8,11H2,1-2H3,(H,21,22)/t15-,16-/m1/s1. The summed E-state index contributed by atoms with van der Waals surface area (Å²) in [7, 11) is 0. The first-order valence-electron chi connectivity index (χ1n) is 8.86. The van der Waals surface area contributed by atoms with Crippen LogP contribution in [0.15, 0.2) is 12.1 Å². The maximum Gasteiger partial charge on any atom is 0.341 e. The molecule has 3 rings (SSSR count). The van der Waals surface area contributed by atoms with Gasteiger partial charge in [0.05, 0.1) is 18.8 Å². The third-order valence-electron chi connectivity index (χ3n) is 5.04. The van der Waals surface area contributed by atoms with Gasteiger partial charge in [-0.05, 0) is 49.9 Å². The fraction of sp³-hybridized carbons (Fsp3) is 0.579. The van der Waals surface area contributed by atoms with Gasteiger partial charge in [-0.2, -0.15) is 0 Å². The monoisotopic (exact) mass is 347 g/mol. The van der Waals surface area contributed by atoms with E-state index in [0.717, 1.165) is 36.8 Å². The van der Waals surface area contributed by atoms with E-state index in [1.807, 2.05) is 18.7 Å². The van der Waals surface area contributed by atoms with Crippen LogP contribution in [0.1, 0.15) is 47.2 Å². The van der Waals surface area contributed by atoms with Crippen LogP contribution in [-0.2, 0) is 9.53 Å². The van der Waals surface area contributed by atoms with Gasteiger partial charge < -0.3 is 19.5 Å². The fourth-order valence-corrected chi connectivity index (χ4v) is 3.95. The molecular weight excluding hydrogens is 322 g/mol. The first kappa shape index (κ1) is 17.7. The van der Waals surface area contributed by atoms with Crippen LogP contribution in [0.25, 0.3) is 0 Å². The normalized spacial score (nSPS) is 23.0. The number of nitrogens with zero attached hydrogens (tertiary/aromatic N) is 1.